The molecule has 64 heavy (non-hydrogen) atoms. The maximum absolute atomic E-state index is 14.2. The first-order chi connectivity index (χ1) is 30.4. The molecule has 8 atom stereocenters. The molecule has 0 spiro atoms. The van der Waals surface area contributed by atoms with E-state index in [0.29, 0.717) is 21.9 Å². The minimum Gasteiger partial charge on any atom is -0.452 e. The first-order valence-corrected chi connectivity index (χ1v) is 23.0. The van der Waals surface area contributed by atoms with Crippen molar-refractivity contribution in [3.05, 3.63) is 88.6 Å². The van der Waals surface area contributed by atoms with Gasteiger partial charge in [0.1, 0.15) is 53.3 Å². The van der Waals surface area contributed by atoms with Gasteiger partial charge in [0, 0.05) is 19.0 Å². The van der Waals surface area contributed by atoms with Gasteiger partial charge >= 0.3 is 27.3 Å². The molecule has 0 aliphatic carbocycles. The molecule has 2 saturated heterocycles. The third kappa shape index (κ3) is 10.9. The summed E-state index contributed by atoms with van der Waals surface area (Å²) in [7, 11) is -10.3. The molecule has 342 valence electrons. The van der Waals surface area contributed by atoms with E-state index in [2.05, 4.69) is 41.3 Å². The van der Waals surface area contributed by atoms with E-state index >= 15 is 0 Å². The zero-order chi connectivity index (χ0) is 45.9. The summed E-state index contributed by atoms with van der Waals surface area (Å²) in [5.74, 6) is -1.39. The average molecular weight is 949 g/mol. The normalized spacial score (nSPS) is 23.2. The van der Waals surface area contributed by atoms with E-state index in [1.165, 1.54) is 23.2 Å². The number of carbonyl (C=O) groups excluding carboxylic acids is 2. The van der Waals surface area contributed by atoms with Crippen LogP contribution in [0.15, 0.2) is 66.6 Å². The number of nitrogens with one attached hydrogen (secondary N) is 1. The minimum absolute atomic E-state index is 0.0116. The Morgan fingerprint density at radius 1 is 1.03 bits per heavy atom. The Bertz CT molecular complexity index is 2680. The van der Waals surface area contributed by atoms with Gasteiger partial charge in [0.2, 0.25) is 5.91 Å². The fourth-order valence-electron chi connectivity index (χ4n) is 6.76. The summed E-state index contributed by atoms with van der Waals surface area (Å²) in [6.07, 6.45) is -4.90. The molecule has 0 radical (unpaired) electrons. The fraction of sp³-hybridized carbons (Fsp3) is 0.389. The molecule has 1 amide bonds. The first-order valence-electron chi connectivity index (χ1n) is 19.2. The topological polar surface area (TPSA) is 360 Å². The number of carbonyl (C=O) groups is 2. The SMILES string of the molecule is C=CCCC(=O)NCc1nc(C(=O)OC2[C@@H](COP(=O)(O)OC3C[C@H](n4ccc(N)nc4=O)O[C@@H]3COP(=O)(O)O)O[C@@H](n3cnc4c(N)ncnc43)[C@H]2O)c(-c2ccc(C)cc2)s1. The van der Waals surface area contributed by atoms with Crippen LogP contribution in [0.5, 0.6) is 0 Å². The number of esters is 1. The number of phosphoric ester groups is 2. The molecule has 4 aromatic heterocycles. The number of amides is 1. The predicted octanol–water partition coefficient (Wildman–Crippen LogP) is 1.64. The van der Waals surface area contributed by atoms with Crippen molar-refractivity contribution in [1.82, 2.24) is 39.4 Å². The predicted molar refractivity (Wildman–Crippen MR) is 223 cm³/mol. The monoisotopic (exact) mass is 948 g/mol. The molecule has 25 nitrogen and oxygen atoms in total. The van der Waals surface area contributed by atoms with Crippen LogP contribution in [0.1, 0.15) is 52.8 Å². The van der Waals surface area contributed by atoms with Gasteiger partial charge in [-0.25, -0.2) is 38.7 Å². The highest BCUT2D eigenvalue weighted by Gasteiger charge is 2.50. The fourth-order valence-corrected chi connectivity index (χ4v) is 9.05. The van der Waals surface area contributed by atoms with Gasteiger partial charge in [0.15, 0.2) is 29.5 Å². The molecule has 28 heteroatoms. The molecule has 0 saturated carbocycles. The zero-order valence-corrected chi connectivity index (χ0v) is 36.2. The van der Waals surface area contributed by atoms with Crippen LogP contribution in [0.2, 0.25) is 0 Å². The van der Waals surface area contributed by atoms with Crippen LogP contribution < -0.4 is 22.5 Å². The summed E-state index contributed by atoms with van der Waals surface area (Å²) in [4.78, 5) is 89.6. The van der Waals surface area contributed by atoms with Crippen molar-refractivity contribution in [2.24, 2.45) is 0 Å². The number of hydrogen-bond donors (Lipinski definition) is 7. The van der Waals surface area contributed by atoms with Gasteiger partial charge in [0.05, 0.1) is 31.0 Å². The number of benzene rings is 1. The second kappa shape index (κ2) is 19.4. The Morgan fingerprint density at radius 3 is 2.50 bits per heavy atom. The Hall–Kier alpha value is -5.34. The Balaban J connectivity index is 1.14. The first kappa shape index (κ1) is 46.6. The van der Waals surface area contributed by atoms with Crippen LogP contribution in [-0.2, 0) is 48.3 Å². The Kier molecular flexibility index (Phi) is 14.1. The lowest BCUT2D eigenvalue weighted by Crippen LogP contribution is -2.38. The molecule has 2 aliphatic heterocycles. The Morgan fingerprint density at radius 2 is 1.78 bits per heavy atom. The van der Waals surface area contributed by atoms with Gasteiger partial charge in [-0.3, -0.25) is 27.5 Å². The van der Waals surface area contributed by atoms with Crippen LogP contribution in [0.25, 0.3) is 21.6 Å². The number of imidazole rings is 1. The van der Waals surface area contributed by atoms with Crippen molar-refractivity contribution in [3.8, 4) is 10.4 Å². The highest BCUT2D eigenvalue weighted by molar-refractivity contribution is 7.47. The molecule has 3 unspecified atom stereocenters. The van der Waals surface area contributed by atoms with Crippen LogP contribution in [0.4, 0.5) is 11.6 Å². The van der Waals surface area contributed by atoms with Crippen LogP contribution >= 0.6 is 27.0 Å². The minimum atomic E-state index is -5.23. The van der Waals surface area contributed by atoms with Crippen molar-refractivity contribution in [2.45, 2.75) is 75.7 Å². The molecule has 2 aliphatic rings. The third-order valence-electron chi connectivity index (χ3n) is 9.82. The van der Waals surface area contributed by atoms with E-state index in [4.69, 9.17) is 34.7 Å². The standard InChI is InChI=1S/C36H42N10O15P2S/c1-3-4-5-24(47)39-13-25-44-27(31(64-25)19-8-6-18(2)7-9-19)35(49)60-30-22(59-34(29(30)48)46-17-42-28-32(38)40-16-41-33(28)46)15-57-63(54,55)61-20-12-26(45-11-10-23(37)43-36(45)50)58-21(20)14-56-62(51,52)53/h3,6-11,16-17,20-22,26,29-30,34,48H,1,4-5,12-15H2,2H3,(H,39,47)(H,54,55)(H2,37,43,50)(H2,38,40,41)(H2,51,52,53)/t20?,21-,22-,26-,29+,30?,34-/m1/s1. The largest absolute Gasteiger partial charge is 0.472 e. The third-order valence-corrected chi connectivity index (χ3v) is 12.4. The molecule has 2 fully saturated rings. The highest BCUT2D eigenvalue weighted by Crippen LogP contribution is 2.50. The second-order valence-corrected chi connectivity index (χ2v) is 18.1. The Labute approximate surface area is 365 Å². The van der Waals surface area contributed by atoms with Crippen molar-refractivity contribution in [3.63, 3.8) is 0 Å². The molecule has 7 rings (SSSR count). The van der Waals surface area contributed by atoms with Gasteiger partial charge in [-0.15, -0.1) is 17.9 Å². The van der Waals surface area contributed by atoms with Crippen molar-refractivity contribution in [1.29, 1.82) is 0 Å². The van der Waals surface area contributed by atoms with E-state index in [9.17, 15) is 43.3 Å². The second-order valence-electron chi connectivity index (χ2n) is 14.4. The lowest BCUT2D eigenvalue weighted by atomic mass is 10.1. The molecule has 5 aromatic rings. The number of aryl methyl sites for hydroxylation is 1. The number of rotatable bonds is 18. The number of thiazole rings is 1. The summed E-state index contributed by atoms with van der Waals surface area (Å²) in [6, 6.07) is 8.48. The van der Waals surface area contributed by atoms with Crippen LogP contribution in [0.3, 0.4) is 0 Å². The summed E-state index contributed by atoms with van der Waals surface area (Å²) < 4.78 is 60.6. The zero-order valence-electron chi connectivity index (χ0n) is 33.6. The molecular formula is C36H42N10O15P2S. The number of nitrogens with two attached hydrogens (primary N) is 2. The van der Waals surface area contributed by atoms with E-state index in [1.807, 2.05) is 19.1 Å². The lowest BCUT2D eigenvalue weighted by molar-refractivity contribution is -0.121. The van der Waals surface area contributed by atoms with Gasteiger partial charge in [-0.05, 0) is 25.0 Å². The summed E-state index contributed by atoms with van der Waals surface area (Å²) in [5.41, 5.74) is 12.4. The van der Waals surface area contributed by atoms with Gasteiger partial charge in [0.25, 0.3) is 0 Å². The van der Waals surface area contributed by atoms with Crippen LogP contribution in [0, 0.1) is 6.92 Å². The maximum Gasteiger partial charge on any atom is 0.472 e. The molecule has 9 N–H and O–H groups in total. The maximum atomic E-state index is 14.2. The van der Waals surface area contributed by atoms with E-state index in [-0.39, 0.29) is 53.8 Å². The van der Waals surface area contributed by atoms with Crippen molar-refractivity contribution in [2.75, 3.05) is 24.7 Å². The number of fused-ring (bicyclic) bond motifs is 1. The highest BCUT2D eigenvalue weighted by atomic mass is 32.1. The molecule has 6 heterocycles. The van der Waals surface area contributed by atoms with Crippen LogP contribution in [-0.4, -0.2) is 109 Å². The number of aliphatic hydroxyl groups excluding tert-OH is 1. The number of allylic oxidation sites excluding steroid dienone is 1. The number of hydrogen-bond acceptors (Lipinski definition) is 20. The quantitative estimate of drug-likeness (QED) is 0.0373. The smallest absolute Gasteiger partial charge is 0.452 e. The van der Waals surface area contributed by atoms with Gasteiger partial charge < -0.3 is 50.8 Å². The summed E-state index contributed by atoms with van der Waals surface area (Å²) >= 11 is 1.13. The summed E-state index contributed by atoms with van der Waals surface area (Å²) in [5, 5.41) is 14.9. The number of nitrogens with zero attached hydrogens (tertiary/aromatic N) is 7. The van der Waals surface area contributed by atoms with Gasteiger partial charge in [-0.2, -0.15) is 4.98 Å². The summed E-state index contributed by atoms with van der Waals surface area (Å²) in [6.45, 7) is 3.76. The van der Waals surface area contributed by atoms with E-state index < -0.39 is 83.5 Å². The number of aromatic nitrogens is 7. The number of aliphatic hydroxyl groups is 1. The average Bonchev–Trinajstić information content (AvgIpc) is 4.03. The number of anilines is 2. The lowest BCUT2D eigenvalue weighted by Gasteiger charge is -2.23. The van der Waals surface area contributed by atoms with Gasteiger partial charge in [-0.1, -0.05) is 35.9 Å². The number of nitrogen functional groups attached to an aromatic ring is 2. The number of ether oxygens (including phenoxy) is 3. The van der Waals surface area contributed by atoms with Crippen molar-refractivity contribution < 1.29 is 66.3 Å². The molecular weight excluding hydrogens is 906 g/mol. The molecule has 0 bridgehead atoms. The van der Waals surface area contributed by atoms with E-state index in [1.54, 1.807) is 18.2 Å². The molecule has 1 aromatic carbocycles. The van der Waals surface area contributed by atoms with Crippen molar-refractivity contribution >= 4 is 61.7 Å². The number of phosphoric acid groups is 2. The van der Waals surface area contributed by atoms with E-state index in [0.717, 1.165) is 27.8 Å².